The third kappa shape index (κ3) is 8.69. The molecule has 37 heavy (non-hydrogen) atoms. The van der Waals surface area contributed by atoms with E-state index in [0.717, 1.165) is 10.6 Å². The third-order valence-corrected chi connectivity index (χ3v) is 5.94. The van der Waals surface area contributed by atoms with Crippen molar-refractivity contribution in [3.63, 3.8) is 0 Å². The fourth-order valence-electron chi connectivity index (χ4n) is 3.12. The summed E-state index contributed by atoms with van der Waals surface area (Å²) >= 11 is 0. The Morgan fingerprint density at radius 1 is 1.03 bits per heavy atom. The highest BCUT2D eigenvalue weighted by atomic mass is 32.2. The molecule has 0 atom stereocenters. The highest BCUT2D eigenvalue weighted by molar-refractivity contribution is 7.92. The average Bonchev–Trinajstić information content (AvgIpc) is 3.39. The fourth-order valence-corrected chi connectivity index (χ4v) is 3.98. The number of para-hydroxylation sites is 2. The van der Waals surface area contributed by atoms with Crippen molar-refractivity contribution in [2.75, 3.05) is 30.3 Å². The molecule has 196 valence electrons. The number of carbonyl (C=O) groups excluding carboxylic acids is 2. The van der Waals surface area contributed by atoms with Crippen LogP contribution < -0.4 is 24.5 Å². The maximum atomic E-state index is 12.4. The van der Waals surface area contributed by atoms with Crippen molar-refractivity contribution in [2.45, 2.75) is 13.5 Å². The molecule has 0 saturated carbocycles. The van der Waals surface area contributed by atoms with Gasteiger partial charge in [-0.15, -0.1) is 0 Å². The van der Waals surface area contributed by atoms with Crippen LogP contribution in [0.4, 0.5) is 5.69 Å². The Labute approximate surface area is 215 Å². The maximum absolute atomic E-state index is 12.4. The summed E-state index contributed by atoms with van der Waals surface area (Å²) in [6.45, 7) is 1.76. The molecule has 2 aromatic carbocycles. The number of carbonyl (C=O) groups is 2. The number of nitrogens with one attached hydrogen (secondary N) is 2. The molecule has 0 aliphatic rings. The minimum Gasteiger partial charge on any atom is -0.492 e. The number of sulfonamides is 1. The molecule has 12 heteroatoms. The SMILES string of the molecule is CCOc1ccccc1N(CC(=O)N/N=C\c1ccc(OCC(=O)NCc2ccco2)cc1)S(C)(=O)=O. The van der Waals surface area contributed by atoms with Gasteiger partial charge >= 0.3 is 0 Å². The van der Waals surface area contributed by atoms with Crippen molar-refractivity contribution >= 4 is 33.7 Å². The second kappa shape index (κ2) is 13.1. The van der Waals surface area contributed by atoms with E-state index < -0.39 is 22.5 Å². The van der Waals surface area contributed by atoms with Gasteiger partial charge in [0.15, 0.2) is 6.61 Å². The predicted molar refractivity (Wildman–Crippen MR) is 138 cm³/mol. The lowest BCUT2D eigenvalue weighted by Gasteiger charge is -2.23. The lowest BCUT2D eigenvalue weighted by atomic mass is 10.2. The third-order valence-electron chi connectivity index (χ3n) is 4.81. The number of nitrogens with zero attached hydrogens (tertiary/aromatic N) is 2. The van der Waals surface area contributed by atoms with Crippen molar-refractivity contribution in [3.05, 3.63) is 78.3 Å². The van der Waals surface area contributed by atoms with Gasteiger partial charge in [-0.05, 0) is 61.0 Å². The van der Waals surface area contributed by atoms with Gasteiger partial charge in [0.05, 0.1) is 37.6 Å². The minimum absolute atomic E-state index is 0.159. The van der Waals surface area contributed by atoms with Gasteiger partial charge in [0.2, 0.25) is 10.0 Å². The number of ether oxygens (including phenoxy) is 2. The second-order valence-electron chi connectivity index (χ2n) is 7.68. The average molecular weight is 529 g/mol. The lowest BCUT2D eigenvalue weighted by Crippen LogP contribution is -2.39. The van der Waals surface area contributed by atoms with E-state index >= 15 is 0 Å². The Morgan fingerprint density at radius 2 is 1.78 bits per heavy atom. The van der Waals surface area contributed by atoms with Gasteiger partial charge in [0.25, 0.3) is 11.8 Å². The first kappa shape index (κ1) is 27.3. The summed E-state index contributed by atoms with van der Waals surface area (Å²) in [6.07, 6.45) is 3.94. The molecule has 1 heterocycles. The van der Waals surface area contributed by atoms with Crippen molar-refractivity contribution in [1.82, 2.24) is 10.7 Å². The summed E-state index contributed by atoms with van der Waals surface area (Å²) in [5.41, 5.74) is 3.24. The molecule has 0 bridgehead atoms. The van der Waals surface area contributed by atoms with Gasteiger partial charge < -0.3 is 19.2 Å². The van der Waals surface area contributed by atoms with E-state index in [0.29, 0.717) is 29.4 Å². The number of hydrogen-bond donors (Lipinski definition) is 2. The summed E-state index contributed by atoms with van der Waals surface area (Å²) in [7, 11) is -3.77. The number of anilines is 1. The summed E-state index contributed by atoms with van der Waals surface area (Å²) < 4.78 is 41.7. The summed E-state index contributed by atoms with van der Waals surface area (Å²) in [5, 5.41) is 6.57. The molecule has 3 aromatic rings. The van der Waals surface area contributed by atoms with Crippen LogP contribution in [0, 0.1) is 0 Å². The second-order valence-corrected chi connectivity index (χ2v) is 9.58. The first-order valence-corrected chi connectivity index (χ1v) is 13.1. The molecule has 0 radical (unpaired) electrons. The van der Waals surface area contributed by atoms with Crippen LogP contribution in [0.5, 0.6) is 11.5 Å². The zero-order valence-electron chi connectivity index (χ0n) is 20.4. The van der Waals surface area contributed by atoms with E-state index in [1.807, 2.05) is 0 Å². The molecule has 2 amide bonds. The zero-order valence-corrected chi connectivity index (χ0v) is 21.2. The van der Waals surface area contributed by atoms with Crippen molar-refractivity contribution in [2.24, 2.45) is 5.10 Å². The van der Waals surface area contributed by atoms with Crippen LogP contribution in [0.3, 0.4) is 0 Å². The van der Waals surface area contributed by atoms with Crippen LogP contribution in [0.25, 0.3) is 0 Å². The highest BCUT2D eigenvalue weighted by Gasteiger charge is 2.23. The van der Waals surface area contributed by atoms with Crippen LogP contribution in [-0.4, -0.2) is 52.5 Å². The fraction of sp³-hybridized carbons (Fsp3) is 0.240. The topological polar surface area (TPSA) is 140 Å². The molecule has 1 aromatic heterocycles. The van der Waals surface area contributed by atoms with Gasteiger partial charge in [0.1, 0.15) is 23.8 Å². The smallest absolute Gasteiger partial charge is 0.260 e. The molecule has 0 spiro atoms. The van der Waals surface area contributed by atoms with Crippen LogP contribution >= 0.6 is 0 Å². The number of amides is 2. The highest BCUT2D eigenvalue weighted by Crippen LogP contribution is 2.29. The van der Waals surface area contributed by atoms with E-state index in [4.69, 9.17) is 13.9 Å². The first-order chi connectivity index (χ1) is 17.8. The van der Waals surface area contributed by atoms with Crippen LogP contribution in [0.2, 0.25) is 0 Å². The van der Waals surface area contributed by atoms with E-state index in [2.05, 4.69) is 15.8 Å². The predicted octanol–water partition coefficient (Wildman–Crippen LogP) is 2.29. The molecule has 11 nitrogen and oxygen atoms in total. The molecule has 3 rings (SSSR count). The van der Waals surface area contributed by atoms with Gasteiger partial charge in [-0.2, -0.15) is 5.10 Å². The summed E-state index contributed by atoms with van der Waals surface area (Å²) in [5.74, 6) is 0.545. The maximum Gasteiger partial charge on any atom is 0.260 e. The van der Waals surface area contributed by atoms with Gasteiger partial charge in [0, 0.05) is 0 Å². The first-order valence-electron chi connectivity index (χ1n) is 11.3. The Kier molecular flexibility index (Phi) is 9.67. The van der Waals surface area contributed by atoms with Crippen molar-refractivity contribution in [3.8, 4) is 11.5 Å². The molecular weight excluding hydrogens is 500 g/mol. The Balaban J connectivity index is 1.50. The van der Waals surface area contributed by atoms with Crippen molar-refractivity contribution < 1.29 is 31.9 Å². The Hall–Kier alpha value is -4.32. The standard InChI is InChI=1S/C25H28N4O7S/c1-3-34-23-9-5-4-8-22(23)29(37(2,32)33)17-24(30)28-27-15-19-10-12-20(13-11-19)36-18-25(31)26-16-21-7-6-14-35-21/h4-15H,3,16-18H2,1-2H3,(H,26,31)(H,28,30)/b27-15-. The van der Waals surface area contributed by atoms with Crippen LogP contribution in [-0.2, 0) is 26.2 Å². The summed E-state index contributed by atoms with van der Waals surface area (Å²) in [4.78, 5) is 24.3. The molecule has 0 aliphatic heterocycles. The van der Waals surface area contributed by atoms with E-state index in [9.17, 15) is 18.0 Å². The van der Waals surface area contributed by atoms with Crippen LogP contribution in [0.15, 0.2) is 76.4 Å². The molecule has 0 unspecified atom stereocenters. The van der Waals surface area contributed by atoms with E-state index in [-0.39, 0.29) is 24.7 Å². The molecule has 2 N–H and O–H groups in total. The monoisotopic (exact) mass is 528 g/mol. The molecule has 0 saturated heterocycles. The van der Waals surface area contributed by atoms with Crippen molar-refractivity contribution in [1.29, 1.82) is 0 Å². The van der Waals surface area contributed by atoms with Gasteiger partial charge in [-0.3, -0.25) is 13.9 Å². The number of benzene rings is 2. The number of furan rings is 1. The largest absolute Gasteiger partial charge is 0.492 e. The van der Waals surface area contributed by atoms with Gasteiger partial charge in [-0.1, -0.05) is 12.1 Å². The van der Waals surface area contributed by atoms with E-state index in [1.165, 1.54) is 12.5 Å². The number of hydrogen-bond acceptors (Lipinski definition) is 8. The molecular formula is C25H28N4O7S. The molecule has 0 aliphatic carbocycles. The Bertz CT molecular complexity index is 1310. The zero-order chi connectivity index (χ0) is 26.7. The lowest BCUT2D eigenvalue weighted by molar-refractivity contribution is -0.123. The number of rotatable bonds is 13. The normalized spacial score (nSPS) is 11.2. The van der Waals surface area contributed by atoms with E-state index in [1.54, 1.807) is 67.6 Å². The van der Waals surface area contributed by atoms with Gasteiger partial charge in [-0.25, -0.2) is 13.8 Å². The summed E-state index contributed by atoms with van der Waals surface area (Å²) in [6, 6.07) is 16.7. The Morgan fingerprint density at radius 3 is 2.46 bits per heavy atom. The number of hydrazone groups is 1. The van der Waals surface area contributed by atoms with Crippen LogP contribution in [0.1, 0.15) is 18.2 Å². The molecule has 0 fully saturated rings. The minimum atomic E-state index is -3.77. The quantitative estimate of drug-likeness (QED) is 0.256.